The summed E-state index contributed by atoms with van der Waals surface area (Å²) in [4.78, 5) is 32.9. The second kappa shape index (κ2) is 30.7. The Bertz CT molecular complexity index is 318. The first-order valence-corrected chi connectivity index (χ1v) is 4.69. The van der Waals surface area contributed by atoms with E-state index in [-0.39, 0.29) is 48.2 Å². The third kappa shape index (κ3) is 46.3. The Hall–Kier alpha value is -2.19. The Morgan fingerprint density at radius 3 is 2.00 bits per heavy atom. The van der Waals surface area contributed by atoms with Crippen LogP contribution in [0.3, 0.4) is 0 Å². The molecule has 0 unspecified atom stereocenters. The molecular formula is C14H30N2O5. The minimum atomic E-state index is -0.249. The molecule has 0 heterocycles. The van der Waals surface area contributed by atoms with Crippen LogP contribution in [0.4, 0.5) is 0 Å². The van der Waals surface area contributed by atoms with Crippen LogP contribution in [0.25, 0.3) is 0 Å². The molecule has 0 radical (unpaired) electrons. The van der Waals surface area contributed by atoms with Gasteiger partial charge in [0.2, 0.25) is 12.8 Å². The predicted molar refractivity (Wildman–Crippen MR) is 83.2 cm³/mol. The van der Waals surface area contributed by atoms with E-state index >= 15 is 0 Å². The van der Waals surface area contributed by atoms with Crippen LogP contribution in [0.15, 0.2) is 4.99 Å². The highest BCUT2D eigenvalue weighted by Crippen LogP contribution is 1.96. The number of isocyanates is 1. The Kier molecular flexibility index (Phi) is 53.1. The lowest BCUT2D eigenvalue weighted by Gasteiger charge is -1.95. The molecule has 126 valence electrons. The number of nitriles is 1. The zero-order valence-electron chi connectivity index (χ0n) is 9.76. The summed E-state index contributed by atoms with van der Waals surface area (Å²) in [7, 11) is 1.34. The van der Waals surface area contributed by atoms with Crippen LogP contribution >= 0.6 is 0 Å². The fourth-order valence-electron chi connectivity index (χ4n) is 0.671. The van der Waals surface area contributed by atoms with Crippen LogP contribution in [-0.2, 0) is 23.9 Å². The molecule has 0 aliphatic carbocycles. The largest absolute Gasteiger partial charge is 0.469 e. The fourth-order valence-corrected chi connectivity index (χ4v) is 0.671. The van der Waals surface area contributed by atoms with Gasteiger partial charge < -0.3 is 14.3 Å². The molecule has 0 rings (SSSR count). The smallest absolute Gasteiger partial charge is 0.305 e. The van der Waals surface area contributed by atoms with Crippen molar-refractivity contribution in [3.05, 3.63) is 0 Å². The van der Waals surface area contributed by atoms with Gasteiger partial charge in [-0.2, -0.15) is 10.3 Å². The third-order valence-corrected chi connectivity index (χ3v) is 1.40. The second-order valence-electron chi connectivity index (χ2n) is 2.75. The molecule has 0 aliphatic rings. The van der Waals surface area contributed by atoms with E-state index in [0.29, 0.717) is 19.3 Å². The molecule has 0 spiro atoms. The van der Waals surface area contributed by atoms with E-state index in [1.807, 2.05) is 0 Å². The fraction of sp³-hybridized carbons (Fsp3) is 0.714. The molecular weight excluding hydrogens is 276 g/mol. The van der Waals surface area contributed by atoms with E-state index in [1.165, 1.54) is 26.4 Å². The monoisotopic (exact) mass is 306 g/mol. The Labute approximate surface area is 129 Å². The number of carbonyl (C=O) groups is 2. The van der Waals surface area contributed by atoms with Crippen molar-refractivity contribution >= 4 is 17.8 Å². The molecule has 0 N–H and O–H groups in total. The topological polar surface area (TPSA) is 106 Å². The van der Waals surface area contributed by atoms with Gasteiger partial charge in [-0.05, 0) is 13.3 Å². The first kappa shape index (κ1) is 36.4. The summed E-state index contributed by atoms with van der Waals surface area (Å²) >= 11 is 0. The first-order chi connectivity index (χ1) is 8.08. The summed E-state index contributed by atoms with van der Waals surface area (Å²) in [6.45, 7) is 1.29. The summed E-state index contributed by atoms with van der Waals surface area (Å²) in [6, 6.07) is 0. The molecule has 0 aromatic rings. The van der Waals surface area contributed by atoms with Gasteiger partial charge in [-0.1, -0.05) is 29.7 Å². The third-order valence-electron chi connectivity index (χ3n) is 1.40. The van der Waals surface area contributed by atoms with Gasteiger partial charge in [-0.3, -0.25) is 4.79 Å². The predicted octanol–water partition coefficient (Wildman–Crippen LogP) is 3.24. The Balaban J connectivity index is -0.0000000468. The maximum atomic E-state index is 10.5. The van der Waals surface area contributed by atoms with Crippen LogP contribution < -0.4 is 0 Å². The molecule has 0 atom stereocenters. The maximum absolute atomic E-state index is 10.5. The van der Waals surface area contributed by atoms with Gasteiger partial charge >= 0.3 is 5.97 Å². The van der Waals surface area contributed by atoms with E-state index in [4.69, 9.17) is 5.26 Å². The zero-order valence-corrected chi connectivity index (χ0v) is 9.76. The molecule has 0 saturated carbocycles. The number of methoxy groups -OCH3 is 1. The lowest BCUT2D eigenvalue weighted by atomic mass is 10.2. The van der Waals surface area contributed by atoms with Crippen molar-refractivity contribution in [2.45, 2.75) is 55.9 Å². The van der Waals surface area contributed by atoms with Crippen molar-refractivity contribution < 1.29 is 23.9 Å². The lowest BCUT2D eigenvalue weighted by molar-refractivity contribution is -0.140. The molecule has 0 aliphatic heterocycles. The molecule has 0 bridgehead atoms. The van der Waals surface area contributed by atoms with E-state index in [9.17, 15) is 14.4 Å². The van der Waals surface area contributed by atoms with Crippen molar-refractivity contribution in [1.29, 1.82) is 5.26 Å². The molecule has 0 fully saturated rings. The number of hydrogen-bond donors (Lipinski definition) is 0. The number of esters is 1. The highest BCUT2D eigenvalue weighted by atomic mass is 16.5. The number of ketones is 1. The number of nitrogens with zero attached hydrogens (tertiary/aromatic N) is 2. The van der Waals surface area contributed by atoms with Crippen molar-refractivity contribution in [3.63, 3.8) is 0 Å². The van der Waals surface area contributed by atoms with Crippen LogP contribution in [0.2, 0.25) is 0 Å². The van der Waals surface area contributed by atoms with Gasteiger partial charge in [-0.25, -0.2) is 4.79 Å². The number of carbonyl (C=O) groups excluding carboxylic acids is 3. The summed E-state index contributed by atoms with van der Waals surface area (Å²) in [5, 5.41) is 7.63. The highest BCUT2D eigenvalue weighted by Gasteiger charge is 2.00. The van der Waals surface area contributed by atoms with E-state index < -0.39 is 0 Å². The molecule has 0 aromatic heterocycles. The average Bonchev–Trinajstić information content (AvgIpc) is 2.30. The quantitative estimate of drug-likeness (QED) is 0.245. The van der Waals surface area contributed by atoms with Crippen molar-refractivity contribution in [1.82, 2.24) is 0 Å². The van der Waals surface area contributed by atoms with Gasteiger partial charge in [-0.15, -0.1) is 0 Å². The molecule has 21 heavy (non-hydrogen) atoms. The summed E-state index contributed by atoms with van der Waals surface area (Å²) in [6.07, 6.45) is 3.94. The minimum Gasteiger partial charge on any atom is -0.469 e. The number of rotatable bonds is 6. The summed E-state index contributed by atoms with van der Waals surface area (Å²) in [5.74, 6) is -0.134. The number of aliphatic imine (C=N–C) groups is 1. The van der Waals surface area contributed by atoms with E-state index in [1.54, 1.807) is 0 Å². The van der Waals surface area contributed by atoms with Gasteiger partial charge in [0.15, 0.2) is 0 Å². The van der Waals surface area contributed by atoms with Crippen LogP contribution in [0.1, 0.15) is 55.9 Å². The van der Waals surface area contributed by atoms with Crippen molar-refractivity contribution in [2.24, 2.45) is 4.99 Å². The molecule has 0 aromatic carbocycles. The zero-order chi connectivity index (χ0) is 13.5. The molecule has 0 amide bonds. The molecule has 7 nitrogen and oxygen atoms in total. The van der Waals surface area contributed by atoms with Crippen LogP contribution in [0, 0.1) is 11.5 Å². The SMILES string of the molecule is C.C.C.C.COC(=O)CCCC(C)=O.N#COCN=C=O. The molecule has 0 saturated heterocycles. The van der Waals surface area contributed by atoms with Crippen molar-refractivity contribution in [3.8, 4) is 6.26 Å². The van der Waals surface area contributed by atoms with E-state index in [0.717, 1.165) is 0 Å². The standard InChI is InChI=1S/C7H12O3.C3H2N2O2.4CH4/c1-6(8)4-3-5-7(9)10-2;4-1-7-3-5-2-6;;;;/h3-5H2,1-2H3;3H2;4*1H4. The second-order valence-corrected chi connectivity index (χ2v) is 2.75. The molecule has 7 heteroatoms. The summed E-state index contributed by atoms with van der Waals surface area (Å²) < 4.78 is 8.33. The normalized spacial score (nSPS) is 6.14. The van der Waals surface area contributed by atoms with Crippen LogP contribution in [0.5, 0.6) is 0 Å². The van der Waals surface area contributed by atoms with Gasteiger partial charge in [0.05, 0.1) is 7.11 Å². The van der Waals surface area contributed by atoms with E-state index in [2.05, 4.69) is 14.5 Å². The Morgan fingerprint density at radius 2 is 1.67 bits per heavy atom. The lowest BCUT2D eigenvalue weighted by Crippen LogP contribution is -2.00. The summed E-state index contributed by atoms with van der Waals surface area (Å²) in [5.41, 5.74) is 0. The van der Waals surface area contributed by atoms with Gasteiger partial charge in [0, 0.05) is 12.8 Å². The maximum Gasteiger partial charge on any atom is 0.305 e. The Morgan fingerprint density at radius 1 is 1.14 bits per heavy atom. The van der Waals surface area contributed by atoms with Crippen LogP contribution in [-0.4, -0.2) is 31.7 Å². The first-order valence-electron chi connectivity index (χ1n) is 4.69. The highest BCUT2D eigenvalue weighted by molar-refractivity contribution is 5.76. The van der Waals surface area contributed by atoms with Gasteiger partial charge in [0.25, 0.3) is 6.26 Å². The van der Waals surface area contributed by atoms with Crippen molar-refractivity contribution in [2.75, 3.05) is 13.8 Å². The number of hydrogen-bond acceptors (Lipinski definition) is 7. The number of Topliss-reactive ketones (excluding diaryl/α,β-unsaturated/α-hetero) is 1. The average molecular weight is 306 g/mol. The number of ether oxygens (including phenoxy) is 2. The van der Waals surface area contributed by atoms with Gasteiger partial charge in [0.1, 0.15) is 5.78 Å². The minimum absolute atomic E-state index is 0.